The fourth-order valence-electron chi connectivity index (χ4n) is 3.37. The highest BCUT2D eigenvalue weighted by Gasteiger charge is 2.33. The second kappa shape index (κ2) is 8.31. The number of nitrogens with zero attached hydrogens (tertiary/aromatic N) is 1. The topological polar surface area (TPSA) is 49.4 Å². The lowest BCUT2D eigenvalue weighted by Crippen LogP contribution is -2.32. The number of amides is 2. The van der Waals surface area contributed by atoms with Gasteiger partial charge in [-0.15, -0.1) is 0 Å². The highest BCUT2D eigenvalue weighted by Crippen LogP contribution is 2.30. The first kappa shape index (κ1) is 18.9. The Kier molecular flexibility index (Phi) is 5.43. The van der Waals surface area contributed by atoms with Crippen LogP contribution in [0, 0.1) is 6.92 Å². The van der Waals surface area contributed by atoms with Crippen LogP contribution in [-0.4, -0.2) is 22.8 Å². The zero-order valence-corrected chi connectivity index (χ0v) is 16.5. The monoisotopic (exact) mass is 384 g/mol. The minimum atomic E-state index is -0.179. The average Bonchev–Trinajstić information content (AvgIpc) is 3.60. The van der Waals surface area contributed by atoms with Crippen molar-refractivity contribution in [2.24, 2.45) is 0 Å². The molecule has 1 fully saturated rings. The third kappa shape index (κ3) is 4.54. The summed E-state index contributed by atoms with van der Waals surface area (Å²) in [6, 6.07) is 25.0. The van der Waals surface area contributed by atoms with Crippen LogP contribution in [0.25, 0.3) is 0 Å². The molecule has 0 aromatic heterocycles. The summed E-state index contributed by atoms with van der Waals surface area (Å²) in [4.78, 5) is 27.7. The van der Waals surface area contributed by atoms with E-state index >= 15 is 0 Å². The summed E-state index contributed by atoms with van der Waals surface area (Å²) in [5.41, 5.74) is 3.90. The molecule has 146 valence electrons. The Bertz CT molecular complexity index is 1010. The van der Waals surface area contributed by atoms with Crippen molar-refractivity contribution in [1.82, 2.24) is 4.90 Å². The maximum absolute atomic E-state index is 13.3. The minimum Gasteiger partial charge on any atom is -0.331 e. The van der Waals surface area contributed by atoms with Crippen molar-refractivity contribution >= 4 is 17.5 Å². The quantitative estimate of drug-likeness (QED) is 0.646. The second-order valence-corrected chi connectivity index (χ2v) is 7.50. The van der Waals surface area contributed by atoms with Crippen molar-refractivity contribution in [3.05, 3.63) is 101 Å². The highest BCUT2D eigenvalue weighted by molar-refractivity contribution is 6.05. The van der Waals surface area contributed by atoms with Gasteiger partial charge >= 0.3 is 0 Å². The molecule has 1 aliphatic carbocycles. The molecule has 29 heavy (non-hydrogen) atoms. The lowest BCUT2D eigenvalue weighted by Gasteiger charge is -2.23. The van der Waals surface area contributed by atoms with E-state index in [1.165, 1.54) is 0 Å². The lowest BCUT2D eigenvalue weighted by molar-refractivity contribution is 0.0729. The zero-order valence-electron chi connectivity index (χ0n) is 16.5. The molecule has 4 nitrogen and oxygen atoms in total. The summed E-state index contributed by atoms with van der Waals surface area (Å²) in [5, 5.41) is 2.95. The fraction of sp³-hybridized carbons (Fsp3) is 0.200. The van der Waals surface area contributed by atoms with Gasteiger partial charge in [-0.25, -0.2) is 0 Å². The van der Waals surface area contributed by atoms with Crippen LogP contribution in [-0.2, 0) is 6.54 Å². The molecule has 0 spiro atoms. The molecule has 0 atom stereocenters. The molecule has 0 aliphatic heterocycles. The van der Waals surface area contributed by atoms with Crippen molar-refractivity contribution in [2.45, 2.75) is 32.4 Å². The fourth-order valence-corrected chi connectivity index (χ4v) is 3.37. The van der Waals surface area contributed by atoms with Gasteiger partial charge in [0, 0.05) is 29.4 Å². The van der Waals surface area contributed by atoms with E-state index in [0.717, 1.165) is 24.0 Å². The van der Waals surface area contributed by atoms with E-state index in [4.69, 9.17) is 0 Å². The summed E-state index contributed by atoms with van der Waals surface area (Å²) in [6.45, 7) is 2.53. The van der Waals surface area contributed by atoms with Crippen molar-refractivity contribution < 1.29 is 9.59 Å². The lowest BCUT2D eigenvalue weighted by atomic mass is 10.1. The summed E-state index contributed by atoms with van der Waals surface area (Å²) in [7, 11) is 0. The summed E-state index contributed by atoms with van der Waals surface area (Å²) in [6.07, 6.45) is 2.09. The Morgan fingerprint density at radius 2 is 1.55 bits per heavy atom. The third-order valence-electron chi connectivity index (χ3n) is 5.21. The standard InChI is InChI=1S/C25H24N2O2/c1-18-12-13-21(16-23(18)26-24(28)20-10-6-3-7-11-20)25(29)27(22-14-15-22)17-19-8-4-2-5-9-19/h2-13,16,22H,14-15,17H2,1H3,(H,26,28). The largest absolute Gasteiger partial charge is 0.331 e. The molecule has 0 radical (unpaired) electrons. The third-order valence-corrected chi connectivity index (χ3v) is 5.21. The van der Waals surface area contributed by atoms with Crippen LogP contribution in [0.4, 0.5) is 5.69 Å². The Hall–Kier alpha value is -3.40. The Morgan fingerprint density at radius 1 is 0.897 bits per heavy atom. The van der Waals surface area contributed by atoms with Crippen molar-refractivity contribution in [3.8, 4) is 0 Å². The predicted octanol–water partition coefficient (Wildman–Crippen LogP) is 5.05. The first-order valence-electron chi connectivity index (χ1n) is 9.94. The van der Waals surface area contributed by atoms with Gasteiger partial charge in [0.05, 0.1) is 0 Å². The van der Waals surface area contributed by atoms with Crippen LogP contribution in [0.3, 0.4) is 0 Å². The normalized spacial score (nSPS) is 13.0. The predicted molar refractivity (Wildman–Crippen MR) is 115 cm³/mol. The number of benzene rings is 3. The number of anilines is 1. The molecule has 4 rings (SSSR count). The maximum Gasteiger partial charge on any atom is 0.255 e. The molecule has 3 aromatic rings. The van der Waals surface area contributed by atoms with Gasteiger partial charge in [0.1, 0.15) is 0 Å². The number of hydrogen-bond acceptors (Lipinski definition) is 2. The molecular formula is C25H24N2O2. The SMILES string of the molecule is Cc1ccc(C(=O)N(Cc2ccccc2)C2CC2)cc1NC(=O)c1ccccc1. The summed E-state index contributed by atoms with van der Waals surface area (Å²) >= 11 is 0. The van der Waals surface area contributed by atoms with Gasteiger partial charge in [0.2, 0.25) is 0 Å². The van der Waals surface area contributed by atoms with E-state index in [9.17, 15) is 9.59 Å². The Morgan fingerprint density at radius 3 is 2.21 bits per heavy atom. The van der Waals surface area contributed by atoms with Gasteiger partial charge in [-0.3, -0.25) is 9.59 Å². The number of rotatable bonds is 6. The summed E-state index contributed by atoms with van der Waals surface area (Å²) < 4.78 is 0. The van der Waals surface area contributed by atoms with E-state index < -0.39 is 0 Å². The number of aryl methyl sites for hydroxylation is 1. The van der Waals surface area contributed by atoms with Crippen LogP contribution in [0.1, 0.15) is 44.7 Å². The highest BCUT2D eigenvalue weighted by atomic mass is 16.2. The second-order valence-electron chi connectivity index (χ2n) is 7.50. The van der Waals surface area contributed by atoms with Crippen LogP contribution in [0.15, 0.2) is 78.9 Å². The first-order valence-corrected chi connectivity index (χ1v) is 9.94. The number of carbonyl (C=O) groups is 2. The molecule has 2 amide bonds. The van der Waals surface area contributed by atoms with E-state index in [1.54, 1.807) is 18.2 Å². The van der Waals surface area contributed by atoms with E-state index in [2.05, 4.69) is 5.32 Å². The molecular weight excluding hydrogens is 360 g/mol. The van der Waals surface area contributed by atoms with Gasteiger partial charge in [0.15, 0.2) is 0 Å². The van der Waals surface area contributed by atoms with Gasteiger partial charge in [-0.05, 0) is 55.2 Å². The maximum atomic E-state index is 13.3. The number of hydrogen-bond donors (Lipinski definition) is 1. The van der Waals surface area contributed by atoms with Crippen LogP contribution in [0.5, 0.6) is 0 Å². The van der Waals surface area contributed by atoms with Crippen LogP contribution < -0.4 is 5.32 Å². The van der Waals surface area contributed by atoms with Crippen molar-refractivity contribution in [2.75, 3.05) is 5.32 Å². The van der Waals surface area contributed by atoms with Gasteiger partial charge < -0.3 is 10.2 Å². The van der Waals surface area contributed by atoms with E-state index in [0.29, 0.717) is 29.4 Å². The molecule has 0 bridgehead atoms. The van der Waals surface area contributed by atoms with Gasteiger partial charge in [0.25, 0.3) is 11.8 Å². The summed E-state index contributed by atoms with van der Waals surface area (Å²) in [5.74, 6) is -0.173. The van der Waals surface area contributed by atoms with E-state index in [-0.39, 0.29) is 11.8 Å². The number of nitrogens with one attached hydrogen (secondary N) is 1. The number of carbonyl (C=O) groups excluding carboxylic acids is 2. The van der Waals surface area contributed by atoms with E-state index in [1.807, 2.05) is 72.5 Å². The minimum absolute atomic E-state index is 0.00608. The van der Waals surface area contributed by atoms with Crippen LogP contribution >= 0.6 is 0 Å². The molecule has 3 aromatic carbocycles. The zero-order chi connectivity index (χ0) is 20.2. The average molecular weight is 384 g/mol. The Balaban J connectivity index is 1.55. The van der Waals surface area contributed by atoms with Gasteiger partial charge in [-0.1, -0.05) is 54.6 Å². The smallest absolute Gasteiger partial charge is 0.255 e. The molecule has 4 heteroatoms. The van der Waals surface area contributed by atoms with Gasteiger partial charge in [-0.2, -0.15) is 0 Å². The molecule has 1 N–H and O–H groups in total. The molecule has 1 aliphatic rings. The van der Waals surface area contributed by atoms with Crippen molar-refractivity contribution in [1.29, 1.82) is 0 Å². The molecule has 0 heterocycles. The Labute approximate surface area is 171 Å². The molecule has 0 saturated heterocycles. The molecule has 0 unspecified atom stereocenters. The molecule has 1 saturated carbocycles. The van der Waals surface area contributed by atoms with Crippen molar-refractivity contribution in [3.63, 3.8) is 0 Å². The first-order chi connectivity index (χ1) is 14.1. The van der Waals surface area contributed by atoms with Crippen LogP contribution in [0.2, 0.25) is 0 Å².